The topological polar surface area (TPSA) is 47.0 Å². The molecule has 0 radical (unpaired) electrons. The molecule has 1 aromatic rings. The molecule has 0 unspecified atom stereocenters. The number of rotatable bonds is 4. The van der Waals surface area contributed by atoms with Crippen LogP contribution in [0.2, 0.25) is 0 Å². The molecule has 0 aromatic carbocycles. The molecule has 5 heteroatoms. The maximum Gasteiger partial charge on any atom is 0.233 e. The Bertz CT molecular complexity index is 328. The summed E-state index contributed by atoms with van der Waals surface area (Å²) in [6.07, 6.45) is 4.06. The lowest BCUT2D eigenvalue weighted by molar-refractivity contribution is 0.286. The first kappa shape index (κ1) is 9.71. The van der Waals surface area contributed by atoms with Crippen LogP contribution in [-0.4, -0.2) is 23.6 Å². The molecule has 1 saturated carbocycles. The van der Waals surface area contributed by atoms with Gasteiger partial charge >= 0.3 is 0 Å². The van der Waals surface area contributed by atoms with E-state index in [0.29, 0.717) is 5.88 Å². The van der Waals surface area contributed by atoms with E-state index >= 15 is 0 Å². The highest BCUT2D eigenvalue weighted by Crippen LogP contribution is 2.32. The van der Waals surface area contributed by atoms with Gasteiger partial charge in [-0.05, 0) is 34.7 Å². The zero-order chi connectivity index (χ0) is 9.97. The molecule has 1 aliphatic carbocycles. The monoisotopic (exact) mass is 257 g/mol. The van der Waals surface area contributed by atoms with Crippen molar-refractivity contribution in [3.63, 3.8) is 0 Å². The Labute approximate surface area is 91.2 Å². The average molecular weight is 258 g/mol. The minimum absolute atomic E-state index is 0.622. The van der Waals surface area contributed by atoms with E-state index in [-0.39, 0.29) is 0 Å². The number of nitrogens with one attached hydrogen (secondary N) is 1. The summed E-state index contributed by atoms with van der Waals surface area (Å²) in [5.41, 5.74) is 0. The van der Waals surface area contributed by atoms with Gasteiger partial charge in [0.25, 0.3) is 0 Å². The Balaban J connectivity index is 2.06. The first-order valence-electron chi connectivity index (χ1n) is 4.62. The van der Waals surface area contributed by atoms with Crippen LogP contribution in [0.15, 0.2) is 10.8 Å². The van der Waals surface area contributed by atoms with Crippen LogP contribution in [0.3, 0.4) is 0 Å². The summed E-state index contributed by atoms with van der Waals surface area (Å²) in [6.45, 7) is 0.763. The lowest BCUT2D eigenvalue weighted by Crippen LogP contribution is -2.03. The Morgan fingerprint density at radius 1 is 1.57 bits per heavy atom. The number of halogens is 1. The maximum absolute atomic E-state index is 5.57. The van der Waals surface area contributed by atoms with Crippen molar-refractivity contribution in [3.8, 4) is 5.88 Å². The quantitative estimate of drug-likeness (QED) is 0.898. The highest BCUT2D eigenvalue weighted by Gasteiger charge is 2.22. The van der Waals surface area contributed by atoms with Crippen molar-refractivity contribution in [1.82, 2.24) is 9.97 Å². The number of aromatic nitrogens is 2. The molecule has 2 rings (SSSR count). The molecule has 1 aromatic heterocycles. The van der Waals surface area contributed by atoms with Crippen molar-refractivity contribution in [1.29, 1.82) is 0 Å². The molecule has 1 heterocycles. The van der Waals surface area contributed by atoms with Crippen molar-refractivity contribution < 1.29 is 4.74 Å². The molecule has 0 saturated heterocycles. The molecular formula is C9H12BrN3O. The van der Waals surface area contributed by atoms with Crippen LogP contribution in [0.25, 0.3) is 0 Å². The van der Waals surface area contributed by atoms with E-state index in [0.717, 1.165) is 22.8 Å². The fourth-order valence-electron chi connectivity index (χ4n) is 1.11. The van der Waals surface area contributed by atoms with Crippen molar-refractivity contribution in [2.75, 3.05) is 19.0 Å². The second-order valence-corrected chi connectivity index (χ2v) is 4.14. The summed E-state index contributed by atoms with van der Waals surface area (Å²) in [4.78, 5) is 8.12. The number of ether oxygens (including phenoxy) is 1. The summed E-state index contributed by atoms with van der Waals surface area (Å²) < 4.78 is 6.36. The fraction of sp³-hybridized carbons (Fsp3) is 0.556. The van der Waals surface area contributed by atoms with Gasteiger partial charge in [-0.15, -0.1) is 0 Å². The third kappa shape index (κ3) is 2.15. The summed E-state index contributed by atoms with van der Waals surface area (Å²) in [5, 5.41) is 2.96. The van der Waals surface area contributed by atoms with E-state index in [1.807, 2.05) is 7.05 Å². The van der Waals surface area contributed by atoms with Gasteiger partial charge < -0.3 is 10.1 Å². The number of hydrogen-bond donors (Lipinski definition) is 1. The largest absolute Gasteiger partial charge is 0.476 e. The molecule has 14 heavy (non-hydrogen) atoms. The molecule has 76 valence electrons. The first-order valence-corrected chi connectivity index (χ1v) is 5.41. The summed E-state index contributed by atoms with van der Waals surface area (Å²) in [7, 11) is 1.82. The fourth-order valence-corrected chi connectivity index (χ4v) is 1.63. The molecular weight excluding hydrogens is 246 g/mol. The highest BCUT2D eigenvalue weighted by molar-refractivity contribution is 9.10. The standard InChI is InChI=1S/C9H12BrN3O/c1-11-8-7(10)9(13-5-12-8)14-4-6-2-3-6/h5-6H,2-4H2,1H3,(H,11,12,13). The van der Waals surface area contributed by atoms with Crippen LogP contribution in [0.5, 0.6) is 5.88 Å². The molecule has 1 aliphatic rings. The van der Waals surface area contributed by atoms with Gasteiger partial charge in [0.05, 0.1) is 6.61 Å². The van der Waals surface area contributed by atoms with Crippen molar-refractivity contribution in [3.05, 3.63) is 10.8 Å². The van der Waals surface area contributed by atoms with E-state index in [4.69, 9.17) is 4.74 Å². The zero-order valence-corrected chi connectivity index (χ0v) is 9.54. The molecule has 0 atom stereocenters. The Kier molecular flexibility index (Phi) is 2.86. The van der Waals surface area contributed by atoms with Crippen LogP contribution < -0.4 is 10.1 Å². The Morgan fingerprint density at radius 2 is 2.36 bits per heavy atom. The van der Waals surface area contributed by atoms with Gasteiger partial charge in [0.2, 0.25) is 5.88 Å². The van der Waals surface area contributed by atoms with E-state index in [1.54, 1.807) is 0 Å². The summed E-state index contributed by atoms with van der Waals surface area (Å²) in [6, 6.07) is 0. The van der Waals surface area contributed by atoms with Gasteiger partial charge in [-0.1, -0.05) is 0 Å². The Morgan fingerprint density at radius 3 is 3.00 bits per heavy atom. The molecule has 0 bridgehead atoms. The van der Waals surface area contributed by atoms with Crippen LogP contribution in [0, 0.1) is 5.92 Å². The van der Waals surface area contributed by atoms with E-state index < -0.39 is 0 Å². The minimum Gasteiger partial charge on any atom is -0.476 e. The maximum atomic E-state index is 5.57. The zero-order valence-electron chi connectivity index (χ0n) is 7.96. The molecule has 1 N–H and O–H groups in total. The van der Waals surface area contributed by atoms with Crippen molar-refractivity contribution in [2.45, 2.75) is 12.8 Å². The average Bonchev–Trinajstić information content (AvgIpc) is 3.00. The first-order chi connectivity index (χ1) is 6.81. The molecule has 0 aliphatic heterocycles. The molecule has 1 fully saturated rings. The third-order valence-electron chi connectivity index (χ3n) is 2.15. The van der Waals surface area contributed by atoms with Crippen LogP contribution >= 0.6 is 15.9 Å². The predicted octanol–water partition coefficient (Wildman–Crippen LogP) is 2.07. The van der Waals surface area contributed by atoms with E-state index in [2.05, 4.69) is 31.2 Å². The van der Waals surface area contributed by atoms with Gasteiger partial charge in [0.15, 0.2) is 0 Å². The molecule has 4 nitrogen and oxygen atoms in total. The van der Waals surface area contributed by atoms with E-state index in [1.165, 1.54) is 19.2 Å². The summed E-state index contributed by atoms with van der Waals surface area (Å²) >= 11 is 3.40. The predicted molar refractivity (Wildman–Crippen MR) is 57.5 cm³/mol. The van der Waals surface area contributed by atoms with Gasteiger partial charge in [-0.2, -0.15) is 0 Å². The number of anilines is 1. The van der Waals surface area contributed by atoms with Crippen LogP contribution in [-0.2, 0) is 0 Å². The third-order valence-corrected chi connectivity index (χ3v) is 2.86. The second-order valence-electron chi connectivity index (χ2n) is 3.35. The van der Waals surface area contributed by atoms with E-state index in [9.17, 15) is 0 Å². The Hall–Kier alpha value is -0.840. The molecule has 0 spiro atoms. The lowest BCUT2D eigenvalue weighted by Gasteiger charge is -2.08. The molecule has 0 amide bonds. The SMILES string of the molecule is CNc1ncnc(OCC2CC2)c1Br. The van der Waals surface area contributed by atoms with Crippen molar-refractivity contribution in [2.24, 2.45) is 5.92 Å². The number of hydrogen-bond acceptors (Lipinski definition) is 4. The van der Waals surface area contributed by atoms with Gasteiger partial charge in [0.1, 0.15) is 16.6 Å². The van der Waals surface area contributed by atoms with Gasteiger partial charge in [-0.3, -0.25) is 0 Å². The minimum atomic E-state index is 0.622. The highest BCUT2D eigenvalue weighted by atomic mass is 79.9. The summed E-state index contributed by atoms with van der Waals surface area (Å²) in [5.74, 6) is 2.11. The van der Waals surface area contributed by atoms with Crippen LogP contribution in [0.1, 0.15) is 12.8 Å². The van der Waals surface area contributed by atoms with Gasteiger partial charge in [0, 0.05) is 7.05 Å². The van der Waals surface area contributed by atoms with Crippen molar-refractivity contribution >= 4 is 21.7 Å². The lowest BCUT2D eigenvalue weighted by atomic mass is 10.5. The normalized spacial score (nSPS) is 15.3. The number of nitrogens with zero attached hydrogens (tertiary/aromatic N) is 2. The van der Waals surface area contributed by atoms with Crippen LogP contribution in [0.4, 0.5) is 5.82 Å². The second kappa shape index (κ2) is 4.13. The van der Waals surface area contributed by atoms with Gasteiger partial charge in [-0.25, -0.2) is 9.97 Å². The smallest absolute Gasteiger partial charge is 0.233 e.